The number of amides is 1. The van der Waals surface area contributed by atoms with Crippen LogP contribution in [0.3, 0.4) is 0 Å². The van der Waals surface area contributed by atoms with E-state index in [1.165, 1.54) is 6.07 Å². The summed E-state index contributed by atoms with van der Waals surface area (Å²) in [6.07, 6.45) is 1.03. The largest absolute Gasteiger partial charge is 0.351 e. The minimum atomic E-state index is -3.30. The molecule has 0 unspecified atom stereocenters. The van der Waals surface area contributed by atoms with Crippen molar-refractivity contribution in [2.45, 2.75) is 6.92 Å². The molecule has 2 aromatic rings. The molecule has 0 spiro atoms. The Morgan fingerprint density at radius 3 is 2.54 bits per heavy atom. The zero-order valence-corrected chi connectivity index (χ0v) is 14.2. The Hall–Kier alpha value is -2.45. The van der Waals surface area contributed by atoms with E-state index in [9.17, 15) is 18.0 Å². The maximum absolute atomic E-state index is 12.1. The van der Waals surface area contributed by atoms with Gasteiger partial charge in [-0.3, -0.25) is 9.59 Å². The molecule has 1 aromatic carbocycles. The highest BCUT2D eigenvalue weighted by molar-refractivity contribution is 7.88. The molecule has 0 aliphatic carbocycles. The van der Waals surface area contributed by atoms with Gasteiger partial charge in [-0.25, -0.2) is 13.1 Å². The summed E-state index contributed by atoms with van der Waals surface area (Å²) < 4.78 is 24.1. The van der Waals surface area contributed by atoms with E-state index in [-0.39, 0.29) is 18.7 Å². The average molecular weight is 349 g/mol. The molecule has 0 saturated carbocycles. The standard InChI is InChI=1S/C16H19N3O4S/c1-11-4-3-5-12(10-11)14-7-6-13(16(21)19-14)15(20)17-8-9-18-24(2,22)23/h3-7,10,18H,8-9H2,1-2H3,(H,17,20)(H,19,21). The molecule has 24 heavy (non-hydrogen) atoms. The van der Waals surface area contributed by atoms with Crippen LogP contribution in [0.25, 0.3) is 11.3 Å². The van der Waals surface area contributed by atoms with E-state index in [1.807, 2.05) is 31.2 Å². The van der Waals surface area contributed by atoms with Crippen LogP contribution in [0.15, 0.2) is 41.2 Å². The van der Waals surface area contributed by atoms with E-state index in [4.69, 9.17) is 0 Å². The molecule has 128 valence electrons. The van der Waals surface area contributed by atoms with Crippen molar-refractivity contribution in [3.63, 3.8) is 0 Å². The van der Waals surface area contributed by atoms with Crippen LogP contribution in [0.1, 0.15) is 15.9 Å². The quantitative estimate of drug-likeness (QED) is 0.665. The lowest BCUT2D eigenvalue weighted by Gasteiger charge is -2.07. The number of hydrogen-bond donors (Lipinski definition) is 3. The number of hydrogen-bond acceptors (Lipinski definition) is 4. The molecule has 2 rings (SSSR count). The van der Waals surface area contributed by atoms with Crippen molar-refractivity contribution in [1.82, 2.24) is 15.0 Å². The number of nitrogens with one attached hydrogen (secondary N) is 3. The molecule has 7 nitrogen and oxygen atoms in total. The van der Waals surface area contributed by atoms with Crippen molar-refractivity contribution in [2.75, 3.05) is 19.3 Å². The molecular weight excluding hydrogens is 330 g/mol. The Balaban J connectivity index is 2.07. The van der Waals surface area contributed by atoms with E-state index in [0.29, 0.717) is 5.69 Å². The van der Waals surface area contributed by atoms with Gasteiger partial charge in [0.2, 0.25) is 10.0 Å². The number of carbonyl (C=O) groups is 1. The highest BCUT2D eigenvalue weighted by atomic mass is 32.2. The van der Waals surface area contributed by atoms with E-state index in [1.54, 1.807) is 6.07 Å². The van der Waals surface area contributed by atoms with Crippen LogP contribution in [0.5, 0.6) is 0 Å². The van der Waals surface area contributed by atoms with Gasteiger partial charge < -0.3 is 10.3 Å². The topological polar surface area (TPSA) is 108 Å². The fraction of sp³-hybridized carbons (Fsp3) is 0.250. The number of aromatic nitrogens is 1. The fourth-order valence-electron chi connectivity index (χ4n) is 2.14. The summed E-state index contributed by atoms with van der Waals surface area (Å²) in [4.78, 5) is 26.8. The van der Waals surface area contributed by atoms with Gasteiger partial charge in [-0.2, -0.15) is 0 Å². The third-order valence-corrected chi connectivity index (χ3v) is 3.99. The molecular formula is C16H19N3O4S. The molecule has 0 saturated heterocycles. The average Bonchev–Trinajstić information content (AvgIpc) is 2.50. The summed E-state index contributed by atoms with van der Waals surface area (Å²) in [5, 5.41) is 2.49. The highest BCUT2D eigenvalue weighted by Gasteiger charge is 2.11. The first-order chi connectivity index (χ1) is 11.3. The van der Waals surface area contributed by atoms with Crippen molar-refractivity contribution < 1.29 is 13.2 Å². The zero-order chi connectivity index (χ0) is 17.7. The second kappa shape index (κ2) is 7.41. The molecule has 0 radical (unpaired) electrons. The Kier molecular flexibility index (Phi) is 5.53. The van der Waals surface area contributed by atoms with E-state index >= 15 is 0 Å². The second-order valence-electron chi connectivity index (χ2n) is 5.41. The summed E-state index contributed by atoms with van der Waals surface area (Å²) in [6.45, 7) is 2.10. The van der Waals surface area contributed by atoms with Crippen molar-refractivity contribution in [3.8, 4) is 11.3 Å². The van der Waals surface area contributed by atoms with Crippen LogP contribution in [-0.4, -0.2) is 38.7 Å². The monoisotopic (exact) mass is 349 g/mol. The number of carbonyl (C=O) groups excluding carboxylic acids is 1. The van der Waals surface area contributed by atoms with Gasteiger partial charge in [-0.15, -0.1) is 0 Å². The maximum Gasteiger partial charge on any atom is 0.261 e. The van der Waals surface area contributed by atoms with Crippen molar-refractivity contribution >= 4 is 15.9 Å². The van der Waals surface area contributed by atoms with Gasteiger partial charge >= 0.3 is 0 Å². The van der Waals surface area contributed by atoms with E-state index in [2.05, 4.69) is 15.0 Å². The Morgan fingerprint density at radius 2 is 1.92 bits per heavy atom. The Labute approximate surface area is 140 Å². The molecule has 8 heteroatoms. The van der Waals surface area contributed by atoms with Gasteiger partial charge in [0.25, 0.3) is 11.5 Å². The van der Waals surface area contributed by atoms with Crippen molar-refractivity contribution in [3.05, 3.63) is 57.9 Å². The summed E-state index contributed by atoms with van der Waals surface area (Å²) >= 11 is 0. The molecule has 1 aromatic heterocycles. The molecule has 0 bridgehead atoms. The number of H-pyrrole nitrogens is 1. The van der Waals surface area contributed by atoms with Gasteiger partial charge in [-0.05, 0) is 30.7 Å². The van der Waals surface area contributed by atoms with Gasteiger partial charge in [0, 0.05) is 18.8 Å². The molecule has 1 heterocycles. The first kappa shape index (κ1) is 17.9. The Bertz CT molecular complexity index is 904. The minimum Gasteiger partial charge on any atom is -0.351 e. The zero-order valence-electron chi connectivity index (χ0n) is 13.4. The summed E-state index contributed by atoms with van der Waals surface area (Å²) in [7, 11) is -3.30. The first-order valence-electron chi connectivity index (χ1n) is 7.29. The van der Waals surface area contributed by atoms with Crippen LogP contribution in [0.4, 0.5) is 0 Å². The van der Waals surface area contributed by atoms with Gasteiger partial charge in [0.15, 0.2) is 0 Å². The normalized spacial score (nSPS) is 11.2. The first-order valence-corrected chi connectivity index (χ1v) is 9.18. The van der Waals surface area contributed by atoms with Crippen LogP contribution >= 0.6 is 0 Å². The fourth-order valence-corrected chi connectivity index (χ4v) is 2.61. The Morgan fingerprint density at radius 1 is 1.17 bits per heavy atom. The summed E-state index contributed by atoms with van der Waals surface area (Å²) in [6, 6.07) is 10.8. The third kappa shape index (κ3) is 5.04. The molecule has 3 N–H and O–H groups in total. The predicted octanol–water partition coefficient (Wildman–Crippen LogP) is 0.629. The van der Waals surface area contributed by atoms with Crippen LogP contribution in [0, 0.1) is 6.92 Å². The minimum absolute atomic E-state index is 0.0224. The summed E-state index contributed by atoms with van der Waals surface area (Å²) in [5.74, 6) is -0.553. The molecule has 0 fully saturated rings. The van der Waals surface area contributed by atoms with Gasteiger partial charge in [-0.1, -0.05) is 23.8 Å². The number of aromatic amines is 1. The van der Waals surface area contributed by atoms with Crippen molar-refractivity contribution in [1.29, 1.82) is 0 Å². The third-order valence-electron chi connectivity index (χ3n) is 3.26. The van der Waals surface area contributed by atoms with Crippen LogP contribution in [0.2, 0.25) is 0 Å². The van der Waals surface area contributed by atoms with Crippen LogP contribution < -0.4 is 15.6 Å². The number of sulfonamides is 1. The molecule has 1 amide bonds. The number of aryl methyl sites for hydroxylation is 1. The van der Waals surface area contributed by atoms with Crippen LogP contribution in [-0.2, 0) is 10.0 Å². The lowest BCUT2D eigenvalue weighted by atomic mass is 10.1. The maximum atomic E-state index is 12.1. The van der Waals surface area contributed by atoms with Crippen molar-refractivity contribution in [2.24, 2.45) is 0 Å². The molecule has 0 aliphatic rings. The highest BCUT2D eigenvalue weighted by Crippen LogP contribution is 2.16. The lowest BCUT2D eigenvalue weighted by Crippen LogP contribution is -2.36. The van der Waals surface area contributed by atoms with E-state index in [0.717, 1.165) is 17.4 Å². The lowest BCUT2D eigenvalue weighted by molar-refractivity contribution is 0.0953. The second-order valence-corrected chi connectivity index (χ2v) is 7.24. The SMILES string of the molecule is Cc1cccc(-c2ccc(C(=O)NCCNS(C)(=O)=O)c(=O)[nH]2)c1. The molecule has 0 atom stereocenters. The number of pyridine rings is 1. The number of rotatable bonds is 6. The predicted molar refractivity (Wildman–Crippen MR) is 92.4 cm³/mol. The van der Waals surface area contributed by atoms with Gasteiger partial charge in [0.1, 0.15) is 5.56 Å². The smallest absolute Gasteiger partial charge is 0.261 e. The van der Waals surface area contributed by atoms with Gasteiger partial charge in [0.05, 0.1) is 6.26 Å². The number of benzene rings is 1. The van der Waals surface area contributed by atoms with E-state index < -0.39 is 21.5 Å². The summed E-state index contributed by atoms with van der Waals surface area (Å²) in [5.41, 5.74) is 2.03. The molecule has 0 aliphatic heterocycles.